The first-order valence-corrected chi connectivity index (χ1v) is 7.93. The van der Waals surface area contributed by atoms with Crippen molar-refractivity contribution < 1.29 is 8.42 Å². The molecule has 0 spiro atoms. The Morgan fingerprint density at radius 2 is 2.11 bits per heavy atom. The molecule has 5 nitrogen and oxygen atoms in total. The predicted octanol–water partition coefficient (Wildman–Crippen LogP) is 0.672. The number of hydrogen-bond acceptors (Lipinski definition) is 5. The van der Waals surface area contributed by atoms with Gasteiger partial charge in [0.1, 0.15) is 5.82 Å². The smallest absolute Gasteiger partial charge is 0.177 e. The van der Waals surface area contributed by atoms with E-state index >= 15 is 0 Å². The highest BCUT2D eigenvalue weighted by molar-refractivity contribution is 7.90. The third-order valence-electron chi connectivity index (χ3n) is 3.21. The van der Waals surface area contributed by atoms with Gasteiger partial charge in [0.2, 0.25) is 0 Å². The molecular formula is C12H19N3O2S. The third-order valence-corrected chi connectivity index (χ3v) is 4.31. The topological polar surface area (TPSA) is 62.3 Å². The summed E-state index contributed by atoms with van der Waals surface area (Å²) in [6, 6.07) is 4.18. The number of aromatic nitrogens is 1. The van der Waals surface area contributed by atoms with Crippen molar-refractivity contribution in [1.82, 2.24) is 10.3 Å². The zero-order valence-electron chi connectivity index (χ0n) is 10.9. The van der Waals surface area contributed by atoms with Gasteiger partial charge in [0.15, 0.2) is 9.84 Å². The van der Waals surface area contributed by atoms with Crippen molar-refractivity contribution in [2.24, 2.45) is 0 Å². The van der Waals surface area contributed by atoms with Crippen LogP contribution in [0.15, 0.2) is 23.2 Å². The molecule has 2 atom stereocenters. The maximum atomic E-state index is 11.4. The van der Waals surface area contributed by atoms with Gasteiger partial charge >= 0.3 is 0 Å². The molecule has 1 aromatic heterocycles. The van der Waals surface area contributed by atoms with E-state index in [0.717, 1.165) is 18.9 Å². The number of sulfone groups is 1. The van der Waals surface area contributed by atoms with E-state index in [-0.39, 0.29) is 4.90 Å². The quantitative estimate of drug-likeness (QED) is 0.855. The van der Waals surface area contributed by atoms with E-state index in [4.69, 9.17) is 0 Å². The number of rotatable bonds is 2. The zero-order valence-corrected chi connectivity index (χ0v) is 11.7. The molecule has 18 heavy (non-hydrogen) atoms. The molecule has 1 fully saturated rings. The van der Waals surface area contributed by atoms with Crippen molar-refractivity contribution in [2.75, 3.05) is 24.2 Å². The Labute approximate surface area is 108 Å². The first kappa shape index (κ1) is 13.3. The second-order valence-electron chi connectivity index (χ2n) is 4.93. The molecule has 1 saturated heterocycles. The molecule has 1 aliphatic rings. The lowest BCUT2D eigenvalue weighted by atomic mass is 10.1. The average molecular weight is 269 g/mol. The minimum absolute atomic E-state index is 0.266. The molecule has 0 aliphatic carbocycles. The molecule has 0 aromatic carbocycles. The summed E-state index contributed by atoms with van der Waals surface area (Å²) in [5.41, 5.74) is 0. The van der Waals surface area contributed by atoms with Crippen LogP contribution in [0.25, 0.3) is 0 Å². The number of piperazine rings is 1. The Bertz CT molecular complexity index is 513. The molecule has 0 bridgehead atoms. The van der Waals surface area contributed by atoms with Crippen LogP contribution in [0.2, 0.25) is 0 Å². The second-order valence-corrected chi connectivity index (χ2v) is 6.95. The minimum atomic E-state index is -3.17. The van der Waals surface area contributed by atoms with Crippen LogP contribution in [0.5, 0.6) is 0 Å². The van der Waals surface area contributed by atoms with E-state index in [0.29, 0.717) is 12.1 Å². The van der Waals surface area contributed by atoms with Gasteiger partial charge in [0.05, 0.1) is 4.90 Å². The van der Waals surface area contributed by atoms with E-state index in [1.807, 2.05) is 0 Å². The van der Waals surface area contributed by atoms with Gasteiger partial charge in [0.25, 0.3) is 0 Å². The van der Waals surface area contributed by atoms with Crippen molar-refractivity contribution in [3.05, 3.63) is 18.3 Å². The number of nitrogens with one attached hydrogen (secondary N) is 1. The van der Waals surface area contributed by atoms with Crippen molar-refractivity contribution >= 4 is 15.7 Å². The fourth-order valence-electron chi connectivity index (χ4n) is 2.10. The average Bonchev–Trinajstić information content (AvgIpc) is 2.31. The Hall–Kier alpha value is -1.14. The molecule has 2 unspecified atom stereocenters. The molecule has 6 heteroatoms. The van der Waals surface area contributed by atoms with Gasteiger partial charge in [-0.1, -0.05) is 0 Å². The van der Waals surface area contributed by atoms with Crippen LogP contribution >= 0.6 is 0 Å². The van der Waals surface area contributed by atoms with Crippen molar-refractivity contribution in [1.29, 1.82) is 0 Å². The van der Waals surface area contributed by atoms with E-state index in [1.54, 1.807) is 12.1 Å². The SMILES string of the molecule is CC1CN(c2ccc(S(C)(=O)=O)cn2)C(C)CN1. The predicted molar refractivity (Wildman–Crippen MR) is 71.6 cm³/mol. The monoisotopic (exact) mass is 269 g/mol. The fraction of sp³-hybridized carbons (Fsp3) is 0.583. The zero-order chi connectivity index (χ0) is 13.3. The molecule has 1 aliphatic heterocycles. The maximum Gasteiger partial charge on any atom is 0.177 e. The summed E-state index contributed by atoms with van der Waals surface area (Å²) < 4.78 is 22.7. The summed E-state index contributed by atoms with van der Waals surface area (Å²) >= 11 is 0. The van der Waals surface area contributed by atoms with Crippen LogP contribution < -0.4 is 10.2 Å². The number of hydrogen-bond donors (Lipinski definition) is 1. The van der Waals surface area contributed by atoms with E-state index in [2.05, 4.69) is 29.0 Å². The molecule has 2 rings (SSSR count). The van der Waals surface area contributed by atoms with E-state index in [9.17, 15) is 8.42 Å². The Kier molecular flexibility index (Phi) is 3.59. The fourth-order valence-corrected chi connectivity index (χ4v) is 2.66. The summed E-state index contributed by atoms with van der Waals surface area (Å²) in [5.74, 6) is 0.836. The van der Waals surface area contributed by atoms with Crippen LogP contribution in [-0.4, -0.2) is 44.8 Å². The Morgan fingerprint density at radius 1 is 1.39 bits per heavy atom. The summed E-state index contributed by atoms with van der Waals surface area (Å²) in [6.07, 6.45) is 2.63. The lowest BCUT2D eigenvalue weighted by molar-refractivity contribution is 0.422. The van der Waals surface area contributed by atoms with Gasteiger partial charge in [-0.2, -0.15) is 0 Å². The molecule has 100 valence electrons. The molecule has 1 N–H and O–H groups in total. The first-order chi connectivity index (χ1) is 8.38. The Morgan fingerprint density at radius 3 is 2.67 bits per heavy atom. The van der Waals surface area contributed by atoms with Crippen molar-refractivity contribution in [3.63, 3.8) is 0 Å². The largest absolute Gasteiger partial charge is 0.351 e. The van der Waals surface area contributed by atoms with Crippen LogP contribution in [0.4, 0.5) is 5.82 Å². The highest BCUT2D eigenvalue weighted by Crippen LogP contribution is 2.18. The summed E-state index contributed by atoms with van der Waals surface area (Å²) in [4.78, 5) is 6.74. The van der Waals surface area contributed by atoms with Crippen molar-refractivity contribution in [3.8, 4) is 0 Å². The molecule has 0 amide bonds. The van der Waals surface area contributed by atoms with E-state index < -0.39 is 9.84 Å². The molecule has 0 saturated carbocycles. The van der Waals surface area contributed by atoms with Crippen molar-refractivity contribution in [2.45, 2.75) is 30.8 Å². The first-order valence-electron chi connectivity index (χ1n) is 6.04. The maximum absolute atomic E-state index is 11.4. The van der Waals surface area contributed by atoms with Crippen LogP contribution in [0.1, 0.15) is 13.8 Å². The van der Waals surface area contributed by atoms with Gasteiger partial charge in [0, 0.05) is 37.6 Å². The highest BCUT2D eigenvalue weighted by atomic mass is 32.2. The third kappa shape index (κ3) is 2.81. The molecule has 1 aromatic rings. The Balaban J connectivity index is 2.23. The van der Waals surface area contributed by atoms with Gasteiger partial charge < -0.3 is 10.2 Å². The lowest BCUT2D eigenvalue weighted by Crippen LogP contribution is -2.54. The normalized spacial score (nSPS) is 25.2. The van der Waals surface area contributed by atoms with Crippen LogP contribution in [0.3, 0.4) is 0 Å². The van der Waals surface area contributed by atoms with Crippen LogP contribution in [-0.2, 0) is 9.84 Å². The summed E-state index contributed by atoms with van der Waals surface area (Å²) in [7, 11) is -3.17. The lowest BCUT2D eigenvalue weighted by Gasteiger charge is -2.38. The van der Waals surface area contributed by atoms with Gasteiger partial charge in [-0.25, -0.2) is 13.4 Å². The van der Waals surface area contributed by atoms with Gasteiger partial charge in [-0.3, -0.25) is 0 Å². The minimum Gasteiger partial charge on any atom is -0.351 e. The van der Waals surface area contributed by atoms with Crippen LogP contribution in [0, 0.1) is 0 Å². The molecule has 0 radical (unpaired) electrons. The second kappa shape index (κ2) is 4.85. The standard InChI is InChI=1S/C12H19N3O2S/c1-9-8-15(10(2)6-13-9)12-5-4-11(7-14-12)18(3,16)17/h4-5,7,9-10,13H,6,8H2,1-3H3. The number of anilines is 1. The summed E-state index contributed by atoms with van der Waals surface area (Å²) in [6.45, 7) is 6.05. The highest BCUT2D eigenvalue weighted by Gasteiger charge is 2.23. The number of pyridine rings is 1. The molecule has 2 heterocycles. The van der Waals surface area contributed by atoms with E-state index in [1.165, 1.54) is 12.5 Å². The summed E-state index contributed by atoms with van der Waals surface area (Å²) in [5, 5.41) is 3.40. The molecular weight excluding hydrogens is 250 g/mol. The van der Waals surface area contributed by atoms with Gasteiger partial charge in [-0.15, -0.1) is 0 Å². The van der Waals surface area contributed by atoms with Gasteiger partial charge in [-0.05, 0) is 26.0 Å². The number of nitrogens with zero attached hydrogens (tertiary/aromatic N) is 2.